The lowest BCUT2D eigenvalue weighted by Crippen LogP contribution is -2.24. The number of halogens is 2. The maximum Gasteiger partial charge on any atom is 0.123 e. The third-order valence-electron chi connectivity index (χ3n) is 2.82. The topological polar surface area (TPSA) is 29.9 Å². The van der Waals surface area contributed by atoms with Gasteiger partial charge in [0, 0.05) is 23.5 Å². The summed E-state index contributed by atoms with van der Waals surface area (Å²) in [5.74, 6) is 0.635. The SMILES string of the molecule is CC(C)NCc1nccn1Cc1cc(F)ccc1Cl. The minimum absolute atomic E-state index is 0.277. The van der Waals surface area contributed by atoms with Crippen LogP contribution in [0.2, 0.25) is 5.02 Å². The van der Waals surface area contributed by atoms with Gasteiger partial charge in [-0.2, -0.15) is 0 Å². The Kier molecular flexibility index (Phi) is 4.56. The van der Waals surface area contributed by atoms with Gasteiger partial charge in [-0.3, -0.25) is 0 Å². The highest BCUT2D eigenvalue weighted by atomic mass is 35.5. The number of nitrogens with zero attached hydrogens (tertiary/aromatic N) is 2. The van der Waals surface area contributed by atoms with Crippen molar-refractivity contribution in [2.45, 2.75) is 33.0 Å². The van der Waals surface area contributed by atoms with Gasteiger partial charge < -0.3 is 9.88 Å². The van der Waals surface area contributed by atoms with Crippen LogP contribution in [0.25, 0.3) is 0 Å². The number of nitrogens with one attached hydrogen (secondary N) is 1. The zero-order valence-electron chi connectivity index (χ0n) is 11.0. The minimum Gasteiger partial charge on any atom is -0.329 e. The van der Waals surface area contributed by atoms with Crippen LogP contribution < -0.4 is 5.32 Å². The van der Waals surface area contributed by atoms with E-state index in [1.54, 1.807) is 12.3 Å². The van der Waals surface area contributed by atoms with Crippen LogP contribution in [0.1, 0.15) is 25.2 Å². The zero-order valence-corrected chi connectivity index (χ0v) is 11.8. The second-order valence-corrected chi connectivity index (χ2v) is 5.15. The standard InChI is InChI=1S/C14H17ClFN3/c1-10(2)18-8-14-17-5-6-19(14)9-11-7-12(16)3-4-13(11)15/h3-7,10,18H,8-9H2,1-2H3. The average Bonchev–Trinajstić information content (AvgIpc) is 2.79. The highest BCUT2D eigenvalue weighted by Crippen LogP contribution is 2.18. The van der Waals surface area contributed by atoms with E-state index in [1.807, 2.05) is 10.8 Å². The molecule has 2 rings (SSSR count). The lowest BCUT2D eigenvalue weighted by Gasteiger charge is -2.11. The van der Waals surface area contributed by atoms with Gasteiger partial charge in [0.15, 0.2) is 0 Å². The first-order chi connectivity index (χ1) is 9.06. The number of hydrogen-bond acceptors (Lipinski definition) is 2. The van der Waals surface area contributed by atoms with Gasteiger partial charge in [-0.05, 0) is 23.8 Å². The molecule has 0 aliphatic heterocycles. The van der Waals surface area contributed by atoms with E-state index in [2.05, 4.69) is 24.1 Å². The fourth-order valence-corrected chi connectivity index (χ4v) is 1.97. The quantitative estimate of drug-likeness (QED) is 0.912. The molecule has 0 aliphatic rings. The van der Waals surface area contributed by atoms with Crippen LogP contribution in [0, 0.1) is 5.82 Å². The summed E-state index contributed by atoms with van der Waals surface area (Å²) in [6.45, 7) is 5.36. The Hall–Kier alpha value is -1.39. The van der Waals surface area contributed by atoms with Crippen molar-refractivity contribution in [1.82, 2.24) is 14.9 Å². The molecule has 3 nitrogen and oxygen atoms in total. The Labute approximate surface area is 117 Å². The molecule has 19 heavy (non-hydrogen) atoms. The van der Waals surface area contributed by atoms with E-state index in [-0.39, 0.29) is 5.82 Å². The summed E-state index contributed by atoms with van der Waals surface area (Å²) in [5, 5.41) is 3.88. The smallest absolute Gasteiger partial charge is 0.123 e. The Bertz CT molecular complexity index is 551. The first-order valence-electron chi connectivity index (χ1n) is 6.23. The van der Waals surface area contributed by atoms with E-state index in [0.29, 0.717) is 24.2 Å². The van der Waals surface area contributed by atoms with E-state index in [0.717, 1.165) is 11.4 Å². The molecule has 2 aromatic rings. The maximum absolute atomic E-state index is 13.2. The highest BCUT2D eigenvalue weighted by Gasteiger charge is 2.07. The van der Waals surface area contributed by atoms with Crippen molar-refractivity contribution in [3.63, 3.8) is 0 Å². The van der Waals surface area contributed by atoms with Gasteiger partial charge in [0.05, 0.1) is 13.1 Å². The largest absolute Gasteiger partial charge is 0.329 e. The predicted octanol–water partition coefficient (Wildman–Crippen LogP) is 3.22. The summed E-state index contributed by atoms with van der Waals surface area (Å²) in [6, 6.07) is 4.79. The van der Waals surface area contributed by atoms with Crippen LogP contribution >= 0.6 is 11.6 Å². The molecule has 0 unspecified atom stereocenters. The number of benzene rings is 1. The van der Waals surface area contributed by atoms with Crippen LogP contribution in [0.5, 0.6) is 0 Å². The molecule has 0 radical (unpaired) electrons. The van der Waals surface area contributed by atoms with Crippen LogP contribution in [0.15, 0.2) is 30.6 Å². The van der Waals surface area contributed by atoms with E-state index >= 15 is 0 Å². The summed E-state index contributed by atoms with van der Waals surface area (Å²) in [4.78, 5) is 4.30. The van der Waals surface area contributed by atoms with Gasteiger partial charge >= 0.3 is 0 Å². The maximum atomic E-state index is 13.2. The van der Waals surface area contributed by atoms with Crippen molar-refractivity contribution >= 4 is 11.6 Å². The zero-order chi connectivity index (χ0) is 13.8. The monoisotopic (exact) mass is 281 g/mol. The Morgan fingerprint density at radius 2 is 2.21 bits per heavy atom. The molecular weight excluding hydrogens is 265 g/mol. The second-order valence-electron chi connectivity index (χ2n) is 4.74. The van der Waals surface area contributed by atoms with E-state index in [4.69, 9.17) is 11.6 Å². The average molecular weight is 282 g/mol. The Balaban J connectivity index is 2.15. The van der Waals surface area contributed by atoms with E-state index < -0.39 is 0 Å². The third-order valence-corrected chi connectivity index (χ3v) is 3.19. The first kappa shape index (κ1) is 14.0. The molecule has 0 bridgehead atoms. The normalized spacial score (nSPS) is 11.2. The summed E-state index contributed by atoms with van der Waals surface area (Å²) in [6.07, 6.45) is 3.61. The lowest BCUT2D eigenvalue weighted by atomic mass is 10.2. The van der Waals surface area contributed by atoms with E-state index in [1.165, 1.54) is 12.1 Å². The molecule has 5 heteroatoms. The summed E-state index contributed by atoms with van der Waals surface area (Å²) >= 11 is 6.08. The van der Waals surface area contributed by atoms with Crippen molar-refractivity contribution in [1.29, 1.82) is 0 Å². The fraction of sp³-hybridized carbons (Fsp3) is 0.357. The molecule has 102 valence electrons. The molecule has 1 heterocycles. The van der Waals surface area contributed by atoms with Crippen molar-refractivity contribution in [3.8, 4) is 0 Å². The fourth-order valence-electron chi connectivity index (χ4n) is 1.79. The summed E-state index contributed by atoms with van der Waals surface area (Å²) in [5.41, 5.74) is 0.755. The van der Waals surface area contributed by atoms with Gasteiger partial charge in [0.25, 0.3) is 0 Å². The predicted molar refractivity (Wildman–Crippen MR) is 74.7 cm³/mol. The van der Waals surface area contributed by atoms with Crippen LogP contribution in [0.4, 0.5) is 4.39 Å². The van der Waals surface area contributed by atoms with Gasteiger partial charge in [0.2, 0.25) is 0 Å². The van der Waals surface area contributed by atoms with Crippen LogP contribution in [-0.4, -0.2) is 15.6 Å². The summed E-state index contributed by atoms with van der Waals surface area (Å²) < 4.78 is 15.2. The third kappa shape index (κ3) is 3.78. The van der Waals surface area contributed by atoms with Gasteiger partial charge in [-0.1, -0.05) is 25.4 Å². The number of imidazole rings is 1. The van der Waals surface area contributed by atoms with Crippen molar-refractivity contribution < 1.29 is 4.39 Å². The molecule has 1 aromatic carbocycles. The van der Waals surface area contributed by atoms with Crippen molar-refractivity contribution in [2.75, 3.05) is 0 Å². The van der Waals surface area contributed by atoms with Crippen molar-refractivity contribution in [3.05, 3.63) is 52.8 Å². The molecule has 0 spiro atoms. The number of rotatable bonds is 5. The van der Waals surface area contributed by atoms with Gasteiger partial charge in [0.1, 0.15) is 11.6 Å². The van der Waals surface area contributed by atoms with Gasteiger partial charge in [-0.15, -0.1) is 0 Å². The highest BCUT2D eigenvalue weighted by molar-refractivity contribution is 6.31. The van der Waals surface area contributed by atoms with Crippen molar-refractivity contribution in [2.24, 2.45) is 0 Å². The molecule has 0 fully saturated rings. The Morgan fingerprint density at radius 3 is 2.95 bits per heavy atom. The summed E-state index contributed by atoms with van der Waals surface area (Å²) in [7, 11) is 0. The molecule has 1 N–H and O–H groups in total. The number of hydrogen-bond donors (Lipinski definition) is 1. The first-order valence-corrected chi connectivity index (χ1v) is 6.61. The second kappa shape index (κ2) is 6.17. The molecule has 0 aliphatic carbocycles. The van der Waals surface area contributed by atoms with Crippen LogP contribution in [-0.2, 0) is 13.1 Å². The van der Waals surface area contributed by atoms with Gasteiger partial charge in [-0.25, -0.2) is 9.37 Å². The molecule has 0 amide bonds. The minimum atomic E-state index is -0.277. The lowest BCUT2D eigenvalue weighted by molar-refractivity contribution is 0.554. The molecule has 1 aromatic heterocycles. The van der Waals surface area contributed by atoms with E-state index in [9.17, 15) is 4.39 Å². The van der Waals surface area contributed by atoms with Crippen LogP contribution in [0.3, 0.4) is 0 Å². The Morgan fingerprint density at radius 1 is 1.42 bits per heavy atom. The number of aromatic nitrogens is 2. The molecule has 0 atom stereocenters. The molecular formula is C14H17ClFN3. The molecule has 0 saturated carbocycles. The molecule has 0 saturated heterocycles.